The van der Waals surface area contributed by atoms with Gasteiger partial charge < -0.3 is 4.57 Å². The number of rotatable bonds is 4. The van der Waals surface area contributed by atoms with Gasteiger partial charge in [-0.1, -0.05) is 60.7 Å². The fourth-order valence-corrected chi connectivity index (χ4v) is 6.74. The molecule has 0 aliphatic heterocycles. The Labute approximate surface area is 110 Å². The predicted octanol–water partition coefficient (Wildman–Crippen LogP) is 2.34. The van der Waals surface area contributed by atoms with Crippen molar-refractivity contribution in [2.24, 2.45) is 0 Å². The topological polar surface area (TPSA) is 34.1 Å². The summed E-state index contributed by atoms with van der Waals surface area (Å²) in [7, 11) is -3.88. The highest BCUT2D eigenvalue weighted by Gasteiger charge is 2.28. The summed E-state index contributed by atoms with van der Waals surface area (Å²) in [5.41, 5.74) is 0.195. The van der Waals surface area contributed by atoms with Crippen molar-refractivity contribution < 1.29 is 8.77 Å². The van der Waals surface area contributed by atoms with Crippen LogP contribution < -0.4 is 10.6 Å². The van der Waals surface area contributed by atoms with Crippen molar-refractivity contribution in [2.75, 3.05) is 11.7 Å². The van der Waals surface area contributed by atoms with Crippen molar-refractivity contribution in [3.63, 3.8) is 0 Å². The fraction of sp³-hybridized carbons (Fsp3) is 0.143. The van der Waals surface area contributed by atoms with Crippen LogP contribution in [0.25, 0.3) is 0 Å². The smallest absolute Gasteiger partial charge is 0.155 e. The van der Waals surface area contributed by atoms with Crippen LogP contribution in [0.3, 0.4) is 0 Å². The van der Waals surface area contributed by atoms with Gasteiger partial charge in [0.1, 0.15) is 0 Å². The summed E-state index contributed by atoms with van der Waals surface area (Å²) in [6.45, 7) is 0. The Hall–Kier alpha value is -1.18. The molecule has 0 saturated heterocycles. The molecule has 2 aromatic rings. The molecule has 0 aliphatic rings. The van der Waals surface area contributed by atoms with Gasteiger partial charge in [-0.15, -0.1) is 0 Å². The molecule has 0 spiro atoms. The lowest BCUT2D eigenvalue weighted by atomic mass is 10.4. The van der Waals surface area contributed by atoms with E-state index in [1.165, 1.54) is 0 Å². The largest absolute Gasteiger partial charge is 0.313 e. The van der Waals surface area contributed by atoms with Crippen molar-refractivity contribution in [2.45, 2.75) is 0 Å². The minimum Gasteiger partial charge on any atom is -0.313 e. The Morgan fingerprint density at radius 1 is 0.889 bits per heavy atom. The maximum Gasteiger partial charge on any atom is 0.155 e. The molecule has 0 N–H and O–H groups in total. The third kappa shape index (κ3) is 2.80. The monoisotopic (exact) mass is 278 g/mol. The van der Waals surface area contributed by atoms with E-state index >= 15 is 0 Å². The second-order valence-electron chi connectivity index (χ2n) is 4.11. The third-order valence-corrected chi connectivity index (χ3v) is 7.88. The fourth-order valence-electron chi connectivity index (χ4n) is 1.89. The number of hydrogen-bond donors (Lipinski definition) is 0. The molecule has 0 amide bonds. The molecule has 0 aliphatic carbocycles. The zero-order valence-electron chi connectivity index (χ0n) is 10.2. The lowest BCUT2D eigenvalue weighted by Gasteiger charge is -2.17. The van der Waals surface area contributed by atoms with E-state index in [1.54, 1.807) is 6.26 Å². The Morgan fingerprint density at radius 2 is 1.28 bits per heavy atom. The molecule has 18 heavy (non-hydrogen) atoms. The van der Waals surface area contributed by atoms with Crippen molar-refractivity contribution in [3.05, 3.63) is 60.7 Å². The molecule has 2 rings (SSSR count). The molecule has 0 saturated carbocycles. The van der Waals surface area contributed by atoms with Crippen LogP contribution in [0.5, 0.6) is 0 Å². The van der Waals surface area contributed by atoms with Gasteiger partial charge in [0.25, 0.3) is 0 Å². The van der Waals surface area contributed by atoms with E-state index in [2.05, 4.69) is 0 Å². The maximum atomic E-state index is 13.2. The van der Waals surface area contributed by atoms with Crippen molar-refractivity contribution in [1.82, 2.24) is 0 Å². The first-order valence-electron chi connectivity index (χ1n) is 5.63. The normalized spacial score (nSPS) is 13.2. The van der Waals surface area contributed by atoms with Crippen LogP contribution in [0.1, 0.15) is 0 Å². The minimum atomic E-state index is -2.78. The highest BCUT2D eigenvalue weighted by molar-refractivity contribution is 7.97. The summed E-state index contributed by atoms with van der Waals surface area (Å²) in [4.78, 5) is 0. The quantitative estimate of drug-likeness (QED) is 0.804. The van der Waals surface area contributed by atoms with Crippen molar-refractivity contribution >= 4 is 28.6 Å². The summed E-state index contributed by atoms with van der Waals surface area (Å²) in [5.74, 6) is 0. The van der Waals surface area contributed by atoms with E-state index in [0.29, 0.717) is 0 Å². The molecule has 1 atom stereocenters. The average Bonchev–Trinajstić information content (AvgIpc) is 2.40. The van der Waals surface area contributed by atoms with Crippen LogP contribution in [0.15, 0.2) is 60.7 Å². The van der Waals surface area contributed by atoms with Gasteiger partial charge in [0, 0.05) is 27.7 Å². The second-order valence-corrected chi connectivity index (χ2v) is 8.80. The molecule has 0 bridgehead atoms. The molecule has 0 unspecified atom stereocenters. The van der Waals surface area contributed by atoms with E-state index in [1.807, 2.05) is 60.7 Å². The minimum absolute atomic E-state index is 0.195. The summed E-state index contributed by atoms with van der Waals surface area (Å²) in [6, 6.07) is 18.6. The van der Waals surface area contributed by atoms with E-state index in [-0.39, 0.29) is 5.49 Å². The van der Waals surface area contributed by atoms with Crippen molar-refractivity contribution in [1.29, 1.82) is 0 Å². The molecular weight excluding hydrogens is 263 g/mol. The Kier molecular flexibility index (Phi) is 4.15. The standard InChI is InChI=1S/C14H15O2PS/c1-18(16)12-17(15,13-8-4-2-5-9-13)14-10-6-3-7-11-14/h2-11H,12H2,1H3/t18-/m1/s1. The van der Waals surface area contributed by atoms with Crippen LogP contribution in [0.4, 0.5) is 0 Å². The Bertz CT molecular complexity index is 538. The third-order valence-electron chi connectivity index (χ3n) is 2.71. The van der Waals surface area contributed by atoms with Gasteiger partial charge in [-0.25, -0.2) is 0 Å². The molecule has 0 radical (unpaired) electrons. The molecule has 0 heterocycles. The van der Waals surface area contributed by atoms with E-state index < -0.39 is 17.9 Å². The lowest BCUT2D eigenvalue weighted by Crippen LogP contribution is -2.19. The highest BCUT2D eigenvalue weighted by atomic mass is 32.2. The molecule has 2 nitrogen and oxygen atoms in total. The summed E-state index contributed by atoms with van der Waals surface area (Å²) >= 11 is 0. The molecule has 0 aromatic heterocycles. The molecular formula is C14H15O2PS. The van der Waals surface area contributed by atoms with Crippen LogP contribution in [0.2, 0.25) is 0 Å². The zero-order chi connectivity index (χ0) is 13.0. The van der Waals surface area contributed by atoms with Gasteiger partial charge in [-0.05, 0) is 0 Å². The summed E-state index contributed by atoms with van der Waals surface area (Å²) < 4.78 is 24.8. The highest BCUT2D eigenvalue weighted by Crippen LogP contribution is 2.43. The predicted molar refractivity (Wildman–Crippen MR) is 78.7 cm³/mol. The van der Waals surface area contributed by atoms with Crippen LogP contribution >= 0.6 is 7.14 Å². The maximum absolute atomic E-state index is 13.2. The van der Waals surface area contributed by atoms with Gasteiger partial charge in [-0.2, -0.15) is 0 Å². The molecule has 94 valence electrons. The van der Waals surface area contributed by atoms with Crippen LogP contribution in [0, 0.1) is 0 Å². The van der Waals surface area contributed by atoms with Crippen molar-refractivity contribution in [3.8, 4) is 0 Å². The average molecular weight is 278 g/mol. The zero-order valence-corrected chi connectivity index (χ0v) is 11.9. The Morgan fingerprint density at radius 3 is 1.61 bits per heavy atom. The first-order chi connectivity index (χ1) is 8.63. The van der Waals surface area contributed by atoms with E-state index in [9.17, 15) is 8.77 Å². The van der Waals surface area contributed by atoms with Crippen LogP contribution in [-0.4, -0.2) is 16.0 Å². The van der Waals surface area contributed by atoms with Gasteiger partial charge in [0.15, 0.2) is 7.14 Å². The number of benzene rings is 2. The molecule has 0 fully saturated rings. The van der Waals surface area contributed by atoms with Crippen LogP contribution in [-0.2, 0) is 15.4 Å². The SMILES string of the molecule is C[S@@](=O)CP(=O)(c1ccccc1)c1ccccc1. The van der Waals surface area contributed by atoms with E-state index in [0.717, 1.165) is 10.6 Å². The van der Waals surface area contributed by atoms with Gasteiger partial charge in [0.2, 0.25) is 0 Å². The molecule has 4 heteroatoms. The first kappa shape index (κ1) is 13.3. The summed E-state index contributed by atoms with van der Waals surface area (Å²) in [5, 5.41) is 1.54. The van der Waals surface area contributed by atoms with Gasteiger partial charge in [0.05, 0.1) is 5.49 Å². The molecule has 2 aromatic carbocycles. The lowest BCUT2D eigenvalue weighted by molar-refractivity contribution is 0.589. The van der Waals surface area contributed by atoms with Gasteiger partial charge in [-0.3, -0.25) is 4.21 Å². The summed E-state index contributed by atoms with van der Waals surface area (Å²) in [6.07, 6.45) is 1.60. The van der Waals surface area contributed by atoms with E-state index in [4.69, 9.17) is 0 Å². The first-order valence-corrected chi connectivity index (χ1v) is 9.25. The second kappa shape index (κ2) is 5.64. The van der Waals surface area contributed by atoms with Gasteiger partial charge >= 0.3 is 0 Å². The number of hydrogen-bond acceptors (Lipinski definition) is 2. The Balaban J connectivity index is 2.55.